The van der Waals surface area contributed by atoms with E-state index in [4.69, 9.17) is 0 Å². The molecule has 0 amide bonds. The van der Waals surface area contributed by atoms with Crippen molar-refractivity contribution in [3.05, 3.63) is 21.4 Å². The summed E-state index contributed by atoms with van der Waals surface area (Å²) in [5.74, 6) is 0. The van der Waals surface area contributed by atoms with Gasteiger partial charge in [-0.2, -0.15) is 0 Å². The molecule has 0 radical (unpaired) electrons. The first-order valence-electron chi connectivity index (χ1n) is 8.63. The average Bonchev–Trinajstić information content (AvgIpc) is 3.05. The van der Waals surface area contributed by atoms with E-state index in [0.717, 1.165) is 19.6 Å². The van der Waals surface area contributed by atoms with Gasteiger partial charge in [-0.1, -0.05) is 20.8 Å². The number of likely N-dealkylation sites (tertiary alicyclic amines) is 1. The first-order valence-corrected chi connectivity index (χ1v) is 9.45. The fraction of sp³-hybridized carbons (Fsp3) is 0.778. The van der Waals surface area contributed by atoms with Crippen molar-refractivity contribution < 1.29 is 0 Å². The largest absolute Gasteiger partial charge is 0.312 e. The van der Waals surface area contributed by atoms with Gasteiger partial charge in [0.2, 0.25) is 0 Å². The average molecular weight is 309 g/mol. The SMILES string of the molecule is CCCNCc1cc(CN2CCC(CC)(CC)C2)c(C)s1. The molecule has 0 bridgehead atoms. The molecule has 1 fully saturated rings. The number of nitrogens with one attached hydrogen (secondary N) is 1. The van der Waals surface area contributed by atoms with Gasteiger partial charge in [0.05, 0.1) is 0 Å². The Hall–Kier alpha value is -0.380. The lowest BCUT2D eigenvalue weighted by molar-refractivity contribution is 0.236. The number of aryl methyl sites for hydroxylation is 1. The number of nitrogens with zero attached hydrogens (tertiary/aromatic N) is 1. The minimum Gasteiger partial charge on any atom is -0.312 e. The Bertz CT molecular complexity index is 434. The Labute approximate surface area is 134 Å². The Kier molecular flexibility index (Phi) is 6.27. The summed E-state index contributed by atoms with van der Waals surface area (Å²) in [6.07, 6.45) is 5.25. The van der Waals surface area contributed by atoms with Crippen molar-refractivity contribution in [2.75, 3.05) is 19.6 Å². The monoisotopic (exact) mass is 308 g/mol. The lowest BCUT2D eigenvalue weighted by Gasteiger charge is -2.26. The third kappa shape index (κ3) is 4.30. The molecule has 0 spiro atoms. The number of hydrogen-bond donors (Lipinski definition) is 1. The van der Waals surface area contributed by atoms with Crippen molar-refractivity contribution in [1.82, 2.24) is 10.2 Å². The van der Waals surface area contributed by atoms with Crippen LogP contribution in [0.1, 0.15) is 61.8 Å². The van der Waals surface area contributed by atoms with Gasteiger partial charge in [-0.15, -0.1) is 11.3 Å². The highest BCUT2D eigenvalue weighted by atomic mass is 32.1. The van der Waals surface area contributed by atoms with Crippen LogP contribution in [0.15, 0.2) is 6.07 Å². The predicted octanol–water partition coefficient (Wildman–Crippen LogP) is 4.57. The Morgan fingerprint density at radius 3 is 2.67 bits per heavy atom. The molecule has 0 atom stereocenters. The van der Waals surface area contributed by atoms with E-state index in [-0.39, 0.29) is 0 Å². The van der Waals surface area contributed by atoms with E-state index < -0.39 is 0 Å². The molecule has 1 aromatic rings. The Balaban J connectivity index is 1.91. The molecule has 2 rings (SSSR count). The Morgan fingerprint density at radius 2 is 2.05 bits per heavy atom. The van der Waals surface area contributed by atoms with Crippen LogP contribution in [0.25, 0.3) is 0 Å². The maximum absolute atomic E-state index is 3.51. The van der Waals surface area contributed by atoms with E-state index in [9.17, 15) is 0 Å². The van der Waals surface area contributed by atoms with Gasteiger partial charge in [0.25, 0.3) is 0 Å². The normalized spacial score (nSPS) is 18.5. The second-order valence-electron chi connectivity index (χ2n) is 6.64. The van der Waals surface area contributed by atoms with Crippen LogP contribution in [0.4, 0.5) is 0 Å². The van der Waals surface area contributed by atoms with Gasteiger partial charge in [0.15, 0.2) is 0 Å². The smallest absolute Gasteiger partial charge is 0.0299 e. The number of hydrogen-bond acceptors (Lipinski definition) is 3. The van der Waals surface area contributed by atoms with Crippen LogP contribution in [0.2, 0.25) is 0 Å². The molecule has 1 aliphatic rings. The summed E-state index contributed by atoms with van der Waals surface area (Å²) >= 11 is 1.97. The summed E-state index contributed by atoms with van der Waals surface area (Å²) in [5.41, 5.74) is 2.14. The van der Waals surface area contributed by atoms with Crippen molar-refractivity contribution in [3.63, 3.8) is 0 Å². The van der Waals surface area contributed by atoms with Crippen molar-refractivity contribution in [1.29, 1.82) is 0 Å². The van der Waals surface area contributed by atoms with Crippen molar-refractivity contribution in [3.8, 4) is 0 Å². The molecule has 0 aliphatic carbocycles. The van der Waals surface area contributed by atoms with Crippen LogP contribution in [0.3, 0.4) is 0 Å². The number of rotatable bonds is 8. The summed E-state index contributed by atoms with van der Waals surface area (Å²) in [6.45, 7) is 15.1. The van der Waals surface area contributed by atoms with Gasteiger partial charge in [-0.05, 0) is 62.7 Å². The third-order valence-electron chi connectivity index (χ3n) is 5.21. The van der Waals surface area contributed by atoms with Gasteiger partial charge in [0.1, 0.15) is 0 Å². The zero-order chi connectivity index (χ0) is 15.3. The molecule has 21 heavy (non-hydrogen) atoms. The van der Waals surface area contributed by atoms with E-state index in [1.807, 2.05) is 11.3 Å². The molecule has 3 heteroatoms. The van der Waals surface area contributed by atoms with Crippen LogP contribution in [0, 0.1) is 12.3 Å². The molecule has 1 saturated heterocycles. The second-order valence-corrected chi connectivity index (χ2v) is 7.98. The molecule has 1 N–H and O–H groups in total. The highest BCUT2D eigenvalue weighted by molar-refractivity contribution is 7.12. The van der Waals surface area contributed by atoms with Gasteiger partial charge < -0.3 is 5.32 Å². The molecular formula is C18H32N2S. The highest BCUT2D eigenvalue weighted by Gasteiger charge is 2.34. The quantitative estimate of drug-likeness (QED) is 0.708. The maximum atomic E-state index is 3.51. The maximum Gasteiger partial charge on any atom is 0.0299 e. The molecule has 2 nitrogen and oxygen atoms in total. The molecule has 1 aromatic heterocycles. The second kappa shape index (κ2) is 7.75. The fourth-order valence-corrected chi connectivity index (χ4v) is 4.47. The summed E-state index contributed by atoms with van der Waals surface area (Å²) in [6, 6.07) is 2.43. The van der Waals surface area contributed by atoms with E-state index in [1.165, 1.54) is 48.5 Å². The van der Waals surface area contributed by atoms with Crippen LogP contribution in [0.5, 0.6) is 0 Å². The molecule has 0 aromatic carbocycles. The standard InChI is InChI=1S/C18H32N2S/c1-5-9-19-12-17-11-16(15(4)21-17)13-20-10-8-18(6-2,7-3)14-20/h11,19H,5-10,12-14H2,1-4H3. The molecule has 0 saturated carbocycles. The zero-order valence-electron chi connectivity index (χ0n) is 14.3. The van der Waals surface area contributed by atoms with Crippen LogP contribution >= 0.6 is 11.3 Å². The van der Waals surface area contributed by atoms with E-state index >= 15 is 0 Å². The Morgan fingerprint density at radius 1 is 1.29 bits per heavy atom. The lowest BCUT2D eigenvalue weighted by atomic mass is 9.82. The third-order valence-corrected chi connectivity index (χ3v) is 6.30. The van der Waals surface area contributed by atoms with Gasteiger partial charge >= 0.3 is 0 Å². The highest BCUT2D eigenvalue weighted by Crippen LogP contribution is 2.38. The van der Waals surface area contributed by atoms with Crippen molar-refractivity contribution >= 4 is 11.3 Å². The predicted molar refractivity (Wildman–Crippen MR) is 94.0 cm³/mol. The minimum absolute atomic E-state index is 0.593. The topological polar surface area (TPSA) is 15.3 Å². The van der Waals surface area contributed by atoms with Crippen molar-refractivity contribution in [2.24, 2.45) is 5.41 Å². The van der Waals surface area contributed by atoms with E-state index in [0.29, 0.717) is 5.41 Å². The van der Waals surface area contributed by atoms with E-state index in [2.05, 4.69) is 44.0 Å². The van der Waals surface area contributed by atoms with Gasteiger partial charge in [-0.25, -0.2) is 0 Å². The summed E-state index contributed by atoms with van der Waals surface area (Å²) < 4.78 is 0. The number of thiophene rings is 1. The summed E-state index contributed by atoms with van der Waals surface area (Å²) in [4.78, 5) is 5.67. The fourth-order valence-electron chi connectivity index (χ4n) is 3.45. The molecule has 1 aliphatic heterocycles. The van der Waals surface area contributed by atoms with Crippen molar-refractivity contribution in [2.45, 2.75) is 66.5 Å². The summed E-state index contributed by atoms with van der Waals surface area (Å²) in [7, 11) is 0. The van der Waals surface area contributed by atoms with Crippen LogP contribution < -0.4 is 5.32 Å². The van der Waals surface area contributed by atoms with E-state index in [1.54, 1.807) is 5.56 Å². The molecule has 120 valence electrons. The molecular weight excluding hydrogens is 276 g/mol. The first-order chi connectivity index (χ1) is 10.1. The molecule has 2 heterocycles. The summed E-state index contributed by atoms with van der Waals surface area (Å²) in [5, 5.41) is 3.51. The van der Waals surface area contributed by atoms with Crippen LogP contribution in [-0.4, -0.2) is 24.5 Å². The van der Waals surface area contributed by atoms with Gasteiger partial charge in [0, 0.05) is 29.4 Å². The van der Waals surface area contributed by atoms with Crippen LogP contribution in [-0.2, 0) is 13.1 Å². The zero-order valence-corrected chi connectivity index (χ0v) is 15.1. The lowest BCUT2D eigenvalue weighted by Crippen LogP contribution is -2.26. The van der Waals surface area contributed by atoms with Gasteiger partial charge in [-0.3, -0.25) is 4.90 Å². The molecule has 0 unspecified atom stereocenters. The first kappa shape index (κ1) is 17.0. The minimum atomic E-state index is 0.593.